The summed E-state index contributed by atoms with van der Waals surface area (Å²) in [6, 6.07) is 3.38. The summed E-state index contributed by atoms with van der Waals surface area (Å²) in [7, 11) is -4.33. The summed E-state index contributed by atoms with van der Waals surface area (Å²) in [5.74, 6) is 0. The van der Waals surface area contributed by atoms with Crippen molar-refractivity contribution < 1.29 is 13.0 Å². The molecular formula is C9H11O3S. The van der Waals surface area contributed by atoms with Crippen LogP contribution in [0.5, 0.6) is 0 Å². The third-order valence-electron chi connectivity index (χ3n) is 1.85. The molecule has 0 unspecified atom stereocenters. The van der Waals surface area contributed by atoms with Crippen molar-refractivity contribution in [3.05, 3.63) is 28.8 Å². The Labute approximate surface area is 78.2 Å². The highest BCUT2D eigenvalue weighted by Gasteiger charge is 2.17. The maximum atomic E-state index is 10.8. The number of hydrogen-bond acceptors (Lipinski definition) is 2. The van der Waals surface area contributed by atoms with Crippen molar-refractivity contribution in [2.24, 2.45) is 0 Å². The maximum Gasteiger partial charge on any atom is 0.324 e. The summed E-state index contributed by atoms with van der Waals surface area (Å²) >= 11 is 0. The maximum absolute atomic E-state index is 10.8. The van der Waals surface area contributed by atoms with Crippen LogP contribution in [0.25, 0.3) is 0 Å². The van der Waals surface area contributed by atoms with E-state index in [1.807, 2.05) is 6.92 Å². The number of rotatable bonds is 1. The molecule has 0 atom stereocenters. The van der Waals surface area contributed by atoms with E-state index in [2.05, 4.69) is 0 Å². The van der Waals surface area contributed by atoms with Crippen LogP contribution < -0.4 is 0 Å². The molecule has 1 rings (SSSR count). The van der Waals surface area contributed by atoms with Gasteiger partial charge in [0.2, 0.25) is 0 Å². The van der Waals surface area contributed by atoms with Crippen molar-refractivity contribution >= 4 is 10.1 Å². The first-order valence-electron chi connectivity index (χ1n) is 3.86. The van der Waals surface area contributed by atoms with Crippen LogP contribution in [0.15, 0.2) is 17.0 Å². The average Bonchev–Trinajstić information content (AvgIpc) is 1.78. The molecule has 0 amide bonds. The van der Waals surface area contributed by atoms with Crippen molar-refractivity contribution in [3.63, 3.8) is 0 Å². The van der Waals surface area contributed by atoms with E-state index in [0.29, 0.717) is 11.1 Å². The third kappa shape index (κ3) is 2.08. The van der Waals surface area contributed by atoms with Crippen molar-refractivity contribution in [1.82, 2.24) is 0 Å². The molecule has 0 saturated heterocycles. The highest BCUT2D eigenvalue weighted by atomic mass is 32.2. The van der Waals surface area contributed by atoms with E-state index in [9.17, 15) is 13.0 Å². The van der Waals surface area contributed by atoms with Crippen LogP contribution >= 0.6 is 0 Å². The van der Waals surface area contributed by atoms with Gasteiger partial charge in [-0.2, -0.15) is 8.42 Å². The topological polar surface area (TPSA) is 54.0 Å². The lowest BCUT2D eigenvalue weighted by Crippen LogP contribution is -2.02. The number of benzene rings is 1. The predicted molar refractivity (Wildman–Crippen MR) is 48.5 cm³/mol. The molecule has 13 heavy (non-hydrogen) atoms. The molecule has 0 saturated carbocycles. The molecule has 0 bridgehead atoms. The molecule has 0 aliphatic carbocycles. The fourth-order valence-electron chi connectivity index (χ4n) is 1.56. The minimum absolute atomic E-state index is 0.0851. The van der Waals surface area contributed by atoms with E-state index in [0.717, 1.165) is 5.56 Å². The molecule has 1 aromatic carbocycles. The second-order valence-corrected chi connectivity index (χ2v) is 4.50. The predicted octanol–water partition coefficient (Wildman–Crippen LogP) is 1.73. The van der Waals surface area contributed by atoms with Gasteiger partial charge in [0, 0.05) is 0 Å². The van der Waals surface area contributed by atoms with Crippen LogP contribution in [0.3, 0.4) is 0 Å². The molecule has 0 fully saturated rings. The highest BCUT2D eigenvalue weighted by molar-refractivity contribution is 7.85. The Morgan fingerprint density at radius 1 is 1.00 bits per heavy atom. The van der Waals surface area contributed by atoms with Crippen LogP contribution in [-0.2, 0) is 14.7 Å². The van der Waals surface area contributed by atoms with Gasteiger partial charge >= 0.3 is 10.1 Å². The van der Waals surface area contributed by atoms with Gasteiger partial charge in [-0.05, 0) is 31.9 Å². The van der Waals surface area contributed by atoms with Crippen LogP contribution in [0.4, 0.5) is 0 Å². The Morgan fingerprint density at radius 2 is 1.38 bits per heavy atom. The van der Waals surface area contributed by atoms with E-state index >= 15 is 0 Å². The van der Waals surface area contributed by atoms with Gasteiger partial charge in [0.25, 0.3) is 0 Å². The normalized spacial score (nSPS) is 11.7. The van der Waals surface area contributed by atoms with Crippen LogP contribution in [0.1, 0.15) is 16.7 Å². The molecule has 71 valence electrons. The largest absolute Gasteiger partial charge is 0.324 e. The molecule has 1 aromatic rings. The average molecular weight is 199 g/mol. The fourth-order valence-corrected chi connectivity index (χ4v) is 2.47. The third-order valence-corrected chi connectivity index (χ3v) is 3.00. The van der Waals surface area contributed by atoms with E-state index in [1.54, 1.807) is 26.0 Å². The van der Waals surface area contributed by atoms with Gasteiger partial charge in [-0.1, -0.05) is 22.2 Å². The van der Waals surface area contributed by atoms with Gasteiger partial charge in [-0.25, -0.2) is 0 Å². The van der Waals surface area contributed by atoms with Crippen molar-refractivity contribution in [2.75, 3.05) is 0 Å². The second kappa shape index (κ2) is 3.12. The highest BCUT2D eigenvalue weighted by Crippen LogP contribution is 2.21. The van der Waals surface area contributed by atoms with Gasteiger partial charge in [0.1, 0.15) is 4.90 Å². The molecule has 0 N–H and O–H groups in total. The smallest absolute Gasteiger partial charge is 0.192 e. The Hall–Kier alpha value is -0.870. The van der Waals surface area contributed by atoms with Gasteiger partial charge in [0.15, 0.2) is 0 Å². The Bertz CT molecular complexity index is 409. The van der Waals surface area contributed by atoms with E-state index in [4.69, 9.17) is 0 Å². The van der Waals surface area contributed by atoms with E-state index in [-0.39, 0.29) is 4.90 Å². The number of aryl methyl sites for hydroxylation is 3. The molecule has 0 aromatic heterocycles. The molecule has 4 heteroatoms. The Morgan fingerprint density at radius 3 is 1.69 bits per heavy atom. The molecule has 0 aliphatic heterocycles. The zero-order valence-electron chi connectivity index (χ0n) is 7.79. The van der Waals surface area contributed by atoms with Crippen LogP contribution in [0.2, 0.25) is 0 Å². The van der Waals surface area contributed by atoms with Crippen LogP contribution in [-0.4, -0.2) is 8.42 Å². The van der Waals surface area contributed by atoms with Crippen molar-refractivity contribution in [3.8, 4) is 0 Å². The van der Waals surface area contributed by atoms with E-state index < -0.39 is 10.1 Å². The minimum atomic E-state index is -4.33. The standard InChI is InChI=1S/C9H11O3S/c1-6-4-7(2)9(8(3)5-6)13(10,11)12/h4-5H,1-3H3. The van der Waals surface area contributed by atoms with Gasteiger partial charge < -0.3 is 0 Å². The van der Waals surface area contributed by atoms with Crippen LogP contribution in [0, 0.1) is 20.8 Å². The lowest BCUT2D eigenvalue weighted by molar-refractivity contribution is 0.413. The van der Waals surface area contributed by atoms with Gasteiger partial charge in [0.05, 0.1) is 0 Å². The zero-order chi connectivity index (χ0) is 10.2. The molecule has 0 heterocycles. The molecule has 1 radical (unpaired) electrons. The SMILES string of the molecule is Cc1cc(C)c(S([O])(=O)=O)c(C)c1. The summed E-state index contributed by atoms with van der Waals surface area (Å²) in [6.45, 7) is 5.12. The minimum Gasteiger partial charge on any atom is -0.192 e. The summed E-state index contributed by atoms with van der Waals surface area (Å²) in [5, 5.41) is 0. The summed E-state index contributed by atoms with van der Waals surface area (Å²) in [4.78, 5) is -0.0851. The summed E-state index contributed by atoms with van der Waals surface area (Å²) < 4.78 is 32.5. The lowest BCUT2D eigenvalue weighted by Gasteiger charge is -2.06. The first-order chi connectivity index (χ1) is 5.82. The summed E-state index contributed by atoms with van der Waals surface area (Å²) in [6.07, 6.45) is 0. The molecule has 0 aliphatic rings. The second-order valence-electron chi connectivity index (χ2n) is 3.18. The number of hydrogen-bond donors (Lipinski definition) is 0. The van der Waals surface area contributed by atoms with E-state index in [1.165, 1.54) is 0 Å². The molecular weight excluding hydrogens is 188 g/mol. The van der Waals surface area contributed by atoms with Crippen molar-refractivity contribution in [2.45, 2.75) is 25.7 Å². The van der Waals surface area contributed by atoms with Crippen molar-refractivity contribution in [1.29, 1.82) is 0 Å². The van der Waals surface area contributed by atoms with Gasteiger partial charge in [-0.15, -0.1) is 0 Å². The summed E-state index contributed by atoms with van der Waals surface area (Å²) in [5.41, 5.74) is 2.00. The first kappa shape index (κ1) is 10.2. The van der Waals surface area contributed by atoms with Gasteiger partial charge in [-0.3, -0.25) is 0 Å². The first-order valence-corrected chi connectivity index (χ1v) is 5.27. The lowest BCUT2D eigenvalue weighted by atomic mass is 10.1. The molecule has 0 spiro atoms. The Kier molecular flexibility index (Phi) is 2.45. The fraction of sp³-hybridized carbons (Fsp3) is 0.333. The molecule has 3 nitrogen and oxygen atoms in total. The Balaban J connectivity index is 3.57. The quantitative estimate of drug-likeness (QED) is 0.691. The monoisotopic (exact) mass is 199 g/mol. The zero-order valence-corrected chi connectivity index (χ0v) is 8.60.